The van der Waals surface area contributed by atoms with E-state index < -0.39 is 16.6 Å². The molecule has 0 saturated heterocycles. The highest BCUT2D eigenvalue weighted by Gasteiger charge is 2.11. The first kappa shape index (κ1) is 24.6. The molecule has 2 heterocycles. The SMILES string of the molecule is Cc1cc(NC(=O)c2cccc(C#Cc3cncc(C(=O)N=[S@@](C)c4ccccc4O)c3)c2)n(C)n1. The number of aromatic hydroxyl groups is 1. The second-order valence-corrected chi connectivity index (χ2v) is 9.46. The van der Waals surface area contributed by atoms with Crippen molar-refractivity contribution in [2.24, 2.45) is 11.4 Å². The molecule has 4 rings (SSSR count). The molecule has 0 aliphatic rings. The molecule has 36 heavy (non-hydrogen) atoms. The highest BCUT2D eigenvalue weighted by Crippen LogP contribution is 2.20. The van der Waals surface area contributed by atoms with E-state index in [9.17, 15) is 14.7 Å². The number of nitrogens with one attached hydrogen (secondary N) is 1. The predicted molar refractivity (Wildman–Crippen MR) is 139 cm³/mol. The summed E-state index contributed by atoms with van der Waals surface area (Å²) >= 11 is 0. The zero-order chi connectivity index (χ0) is 25.7. The number of rotatable bonds is 4. The topological polar surface area (TPSA) is 109 Å². The van der Waals surface area contributed by atoms with E-state index in [0.717, 1.165) is 5.69 Å². The maximum atomic E-state index is 12.7. The molecule has 0 fully saturated rings. The van der Waals surface area contributed by atoms with Crippen LogP contribution in [-0.4, -0.2) is 37.9 Å². The number of anilines is 1. The number of para-hydroxylation sites is 1. The fourth-order valence-corrected chi connectivity index (χ4v) is 4.46. The van der Waals surface area contributed by atoms with Crippen molar-refractivity contribution in [3.05, 3.63) is 101 Å². The van der Waals surface area contributed by atoms with Gasteiger partial charge in [0, 0.05) is 42.2 Å². The molecule has 2 aromatic carbocycles. The molecule has 0 bridgehead atoms. The van der Waals surface area contributed by atoms with E-state index >= 15 is 0 Å². The van der Waals surface area contributed by atoms with Crippen LogP contribution in [0.25, 0.3) is 0 Å². The fourth-order valence-electron chi connectivity index (χ4n) is 3.36. The summed E-state index contributed by atoms with van der Waals surface area (Å²) in [6.07, 6.45) is 4.76. The van der Waals surface area contributed by atoms with Gasteiger partial charge in [-0.15, -0.1) is 0 Å². The second kappa shape index (κ2) is 10.8. The van der Waals surface area contributed by atoms with Crippen molar-refractivity contribution in [2.75, 3.05) is 11.6 Å². The summed E-state index contributed by atoms with van der Waals surface area (Å²) in [6, 6.07) is 17.2. The summed E-state index contributed by atoms with van der Waals surface area (Å²) in [5.74, 6) is 6.00. The van der Waals surface area contributed by atoms with Crippen LogP contribution in [0.15, 0.2) is 82.3 Å². The van der Waals surface area contributed by atoms with Crippen LogP contribution in [0.2, 0.25) is 0 Å². The molecule has 1 atom stereocenters. The van der Waals surface area contributed by atoms with Gasteiger partial charge in [-0.3, -0.25) is 19.3 Å². The first-order chi connectivity index (χ1) is 17.3. The van der Waals surface area contributed by atoms with Gasteiger partial charge < -0.3 is 10.4 Å². The minimum atomic E-state index is -0.820. The van der Waals surface area contributed by atoms with Crippen molar-refractivity contribution in [3.8, 4) is 17.6 Å². The Morgan fingerprint density at radius 3 is 2.50 bits per heavy atom. The van der Waals surface area contributed by atoms with Crippen LogP contribution in [0.5, 0.6) is 5.75 Å². The molecular weight excluding hydrogens is 474 g/mol. The summed E-state index contributed by atoms with van der Waals surface area (Å²) in [7, 11) is 0.942. The highest BCUT2D eigenvalue weighted by molar-refractivity contribution is 7.87. The Morgan fingerprint density at radius 1 is 1.00 bits per heavy atom. The van der Waals surface area contributed by atoms with E-state index in [1.54, 1.807) is 84.8 Å². The zero-order valence-corrected chi connectivity index (χ0v) is 20.7. The highest BCUT2D eigenvalue weighted by atomic mass is 32.2. The largest absolute Gasteiger partial charge is 0.507 e. The summed E-state index contributed by atoms with van der Waals surface area (Å²) in [5, 5.41) is 17.1. The van der Waals surface area contributed by atoms with Crippen LogP contribution < -0.4 is 5.32 Å². The van der Waals surface area contributed by atoms with Gasteiger partial charge in [0.05, 0.1) is 16.2 Å². The van der Waals surface area contributed by atoms with Gasteiger partial charge in [-0.25, -0.2) is 0 Å². The first-order valence-corrected chi connectivity index (χ1v) is 12.5. The van der Waals surface area contributed by atoms with Crippen molar-refractivity contribution >= 4 is 28.3 Å². The second-order valence-electron chi connectivity index (χ2n) is 7.88. The molecule has 0 radical (unpaired) electrons. The van der Waals surface area contributed by atoms with Crippen LogP contribution in [0.1, 0.15) is 37.5 Å². The van der Waals surface area contributed by atoms with Gasteiger partial charge in [0.25, 0.3) is 11.8 Å². The molecule has 4 aromatic rings. The number of aromatic nitrogens is 3. The van der Waals surface area contributed by atoms with Gasteiger partial charge >= 0.3 is 0 Å². The number of benzene rings is 2. The monoisotopic (exact) mass is 497 g/mol. The number of carbonyl (C=O) groups excluding carboxylic acids is 2. The van der Waals surface area contributed by atoms with Crippen molar-refractivity contribution in [1.29, 1.82) is 0 Å². The molecule has 0 saturated carbocycles. The van der Waals surface area contributed by atoms with E-state index in [2.05, 4.69) is 31.6 Å². The molecule has 8 nitrogen and oxygen atoms in total. The Balaban J connectivity index is 1.51. The molecule has 0 spiro atoms. The van der Waals surface area contributed by atoms with Gasteiger partial charge in [-0.2, -0.15) is 9.46 Å². The number of phenols is 1. The van der Waals surface area contributed by atoms with Gasteiger partial charge in [-0.05, 0) is 49.6 Å². The molecule has 0 aliphatic heterocycles. The van der Waals surface area contributed by atoms with Crippen molar-refractivity contribution in [1.82, 2.24) is 14.8 Å². The molecular formula is C27H23N5O3S. The van der Waals surface area contributed by atoms with Gasteiger partial charge in [0.15, 0.2) is 0 Å². The third-order valence-electron chi connectivity index (χ3n) is 5.11. The normalized spacial score (nSPS) is 11.4. The number of hydrogen-bond acceptors (Lipinski definition) is 5. The van der Waals surface area contributed by atoms with Crippen LogP contribution in [0, 0.1) is 18.8 Å². The average Bonchev–Trinajstić information content (AvgIpc) is 3.19. The standard InChI is InChI=1S/C27H23N5O3S/c1-18-13-25(32(2)30-18)29-26(34)21-8-6-7-19(14-21)11-12-20-15-22(17-28-16-20)27(35)31-36(3)24-10-5-4-9-23(24)33/h4-10,13-17,33H,1-3H3,(H,29,34)/t36-/m0/s1. The maximum absolute atomic E-state index is 12.7. The van der Waals surface area contributed by atoms with Crippen LogP contribution in [-0.2, 0) is 17.7 Å². The number of carbonyl (C=O) groups is 2. The molecule has 0 unspecified atom stereocenters. The lowest BCUT2D eigenvalue weighted by molar-refractivity contribution is 0.100. The van der Waals surface area contributed by atoms with E-state index in [1.165, 1.54) is 6.20 Å². The van der Waals surface area contributed by atoms with E-state index in [1.807, 2.05) is 6.92 Å². The Hall–Kier alpha value is -4.55. The molecule has 2 amide bonds. The van der Waals surface area contributed by atoms with Crippen molar-refractivity contribution in [3.63, 3.8) is 0 Å². The van der Waals surface area contributed by atoms with Crippen LogP contribution in [0.4, 0.5) is 5.82 Å². The molecule has 0 aliphatic carbocycles. The maximum Gasteiger partial charge on any atom is 0.284 e. The van der Waals surface area contributed by atoms with Crippen LogP contribution in [0.3, 0.4) is 0 Å². The number of phenolic OH excluding ortho intramolecular Hbond substituents is 1. The number of pyridine rings is 1. The number of nitrogens with zero attached hydrogens (tertiary/aromatic N) is 4. The van der Waals surface area contributed by atoms with Crippen molar-refractivity contribution < 1.29 is 14.7 Å². The van der Waals surface area contributed by atoms with E-state index in [4.69, 9.17) is 0 Å². The molecule has 2 N–H and O–H groups in total. The lowest BCUT2D eigenvalue weighted by Gasteiger charge is -2.05. The Labute approximate surface area is 211 Å². The third-order valence-corrected chi connectivity index (χ3v) is 6.53. The summed E-state index contributed by atoms with van der Waals surface area (Å²) < 4.78 is 5.81. The average molecular weight is 498 g/mol. The minimum Gasteiger partial charge on any atom is -0.507 e. The molecule has 9 heteroatoms. The summed E-state index contributed by atoms with van der Waals surface area (Å²) in [6.45, 7) is 1.85. The lowest BCUT2D eigenvalue weighted by atomic mass is 10.1. The third kappa shape index (κ3) is 5.92. The smallest absolute Gasteiger partial charge is 0.284 e. The predicted octanol–water partition coefficient (Wildman–Crippen LogP) is 4.11. The number of amides is 2. The zero-order valence-electron chi connectivity index (χ0n) is 19.9. The lowest BCUT2D eigenvalue weighted by Crippen LogP contribution is -2.14. The minimum absolute atomic E-state index is 0.101. The van der Waals surface area contributed by atoms with Gasteiger partial charge in [0.2, 0.25) is 0 Å². The fraction of sp³-hybridized carbons (Fsp3) is 0.111. The van der Waals surface area contributed by atoms with Gasteiger partial charge in [0.1, 0.15) is 11.6 Å². The van der Waals surface area contributed by atoms with Gasteiger partial charge in [-0.1, -0.05) is 40.7 Å². The van der Waals surface area contributed by atoms with Crippen molar-refractivity contribution in [2.45, 2.75) is 11.8 Å². The Kier molecular flexibility index (Phi) is 7.37. The summed E-state index contributed by atoms with van der Waals surface area (Å²) in [5.41, 5.74) is 2.74. The Morgan fingerprint density at radius 2 is 1.75 bits per heavy atom. The first-order valence-electron chi connectivity index (χ1n) is 10.9. The van der Waals surface area contributed by atoms with E-state index in [0.29, 0.717) is 33.0 Å². The summed E-state index contributed by atoms with van der Waals surface area (Å²) in [4.78, 5) is 30.1. The quantitative estimate of drug-likeness (QED) is 0.413. The van der Waals surface area contributed by atoms with E-state index in [-0.39, 0.29) is 11.7 Å². The Bertz CT molecular complexity index is 1560. The van der Waals surface area contributed by atoms with Crippen LogP contribution >= 0.6 is 0 Å². The number of hydrogen-bond donors (Lipinski definition) is 2. The molecule has 180 valence electrons. The molecule has 2 aromatic heterocycles. The number of aryl methyl sites for hydroxylation is 2.